The van der Waals surface area contributed by atoms with Gasteiger partial charge in [0, 0.05) is 18.3 Å². The number of carbonyl (C=O) groups is 1. The molecule has 2 N–H and O–H groups in total. The van der Waals surface area contributed by atoms with Crippen molar-refractivity contribution >= 4 is 17.7 Å². The van der Waals surface area contributed by atoms with Gasteiger partial charge in [0.15, 0.2) is 0 Å². The summed E-state index contributed by atoms with van der Waals surface area (Å²) in [7, 11) is 0. The first kappa shape index (κ1) is 11.9. The van der Waals surface area contributed by atoms with Crippen molar-refractivity contribution in [3.63, 3.8) is 0 Å². The SMILES string of the molecule is CCC(CSC)NC(=O)C1CCNC1. The monoisotopic (exact) mass is 216 g/mol. The highest BCUT2D eigenvalue weighted by atomic mass is 32.2. The number of hydrogen-bond donors (Lipinski definition) is 2. The zero-order valence-electron chi connectivity index (χ0n) is 9.01. The van der Waals surface area contributed by atoms with Crippen LogP contribution in [-0.2, 0) is 4.79 Å². The Hall–Kier alpha value is -0.220. The highest BCUT2D eigenvalue weighted by Crippen LogP contribution is 2.09. The molecular formula is C10H20N2OS. The van der Waals surface area contributed by atoms with E-state index in [1.165, 1.54) is 0 Å². The molecule has 4 heteroatoms. The van der Waals surface area contributed by atoms with Crippen LogP contribution in [0.2, 0.25) is 0 Å². The Kier molecular flexibility index (Phi) is 5.33. The first-order valence-electron chi connectivity index (χ1n) is 5.28. The first-order valence-corrected chi connectivity index (χ1v) is 6.67. The minimum atomic E-state index is 0.200. The van der Waals surface area contributed by atoms with Gasteiger partial charge in [0.1, 0.15) is 0 Å². The summed E-state index contributed by atoms with van der Waals surface area (Å²) < 4.78 is 0. The fourth-order valence-electron chi connectivity index (χ4n) is 1.66. The summed E-state index contributed by atoms with van der Waals surface area (Å²) >= 11 is 1.79. The van der Waals surface area contributed by atoms with Crippen LogP contribution in [0.4, 0.5) is 0 Å². The molecule has 82 valence electrons. The number of thioether (sulfide) groups is 1. The lowest BCUT2D eigenvalue weighted by atomic mass is 10.1. The van der Waals surface area contributed by atoms with Crippen molar-refractivity contribution in [3.8, 4) is 0 Å². The fraction of sp³-hybridized carbons (Fsp3) is 0.900. The quantitative estimate of drug-likeness (QED) is 0.716. The van der Waals surface area contributed by atoms with Crippen LogP contribution in [0.3, 0.4) is 0 Å². The molecule has 1 aliphatic heterocycles. The molecule has 0 bridgehead atoms. The molecule has 1 aliphatic rings. The molecule has 3 nitrogen and oxygen atoms in total. The van der Waals surface area contributed by atoms with Crippen LogP contribution < -0.4 is 10.6 Å². The molecule has 1 heterocycles. The predicted molar refractivity (Wildman–Crippen MR) is 61.6 cm³/mol. The van der Waals surface area contributed by atoms with E-state index >= 15 is 0 Å². The molecule has 0 aromatic heterocycles. The average Bonchev–Trinajstić information content (AvgIpc) is 2.69. The molecule has 2 unspecified atom stereocenters. The second-order valence-electron chi connectivity index (χ2n) is 3.76. The molecule has 1 fully saturated rings. The number of amides is 1. The number of carbonyl (C=O) groups excluding carboxylic acids is 1. The largest absolute Gasteiger partial charge is 0.352 e. The molecule has 0 aliphatic carbocycles. The Morgan fingerprint density at radius 3 is 3.00 bits per heavy atom. The van der Waals surface area contributed by atoms with Crippen molar-refractivity contribution in [2.24, 2.45) is 5.92 Å². The third-order valence-corrected chi connectivity index (χ3v) is 3.37. The topological polar surface area (TPSA) is 41.1 Å². The third-order valence-electron chi connectivity index (χ3n) is 2.64. The minimum Gasteiger partial charge on any atom is -0.352 e. The molecule has 2 atom stereocenters. The summed E-state index contributed by atoms with van der Waals surface area (Å²) in [6, 6.07) is 0.345. The second kappa shape index (κ2) is 6.30. The minimum absolute atomic E-state index is 0.200. The molecule has 0 aromatic carbocycles. The Morgan fingerprint density at radius 1 is 1.71 bits per heavy atom. The van der Waals surface area contributed by atoms with E-state index in [0.717, 1.165) is 31.7 Å². The number of nitrogens with one attached hydrogen (secondary N) is 2. The zero-order chi connectivity index (χ0) is 10.4. The van der Waals surface area contributed by atoms with Gasteiger partial charge in [-0.05, 0) is 25.6 Å². The third kappa shape index (κ3) is 3.50. The van der Waals surface area contributed by atoms with Gasteiger partial charge in [-0.15, -0.1) is 0 Å². The van der Waals surface area contributed by atoms with E-state index in [1.54, 1.807) is 11.8 Å². The van der Waals surface area contributed by atoms with Crippen molar-refractivity contribution in [1.82, 2.24) is 10.6 Å². The molecule has 0 aromatic rings. The van der Waals surface area contributed by atoms with E-state index in [0.29, 0.717) is 6.04 Å². The van der Waals surface area contributed by atoms with Crippen molar-refractivity contribution in [3.05, 3.63) is 0 Å². The molecule has 1 amide bonds. The normalized spacial score (nSPS) is 23.4. The summed E-state index contributed by atoms with van der Waals surface area (Å²) in [5.74, 6) is 1.45. The Labute approximate surface area is 90.4 Å². The molecule has 1 saturated heterocycles. The highest BCUT2D eigenvalue weighted by molar-refractivity contribution is 7.98. The van der Waals surface area contributed by atoms with E-state index in [9.17, 15) is 4.79 Å². The van der Waals surface area contributed by atoms with Gasteiger partial charge in [-0.1, -0.05) is 6.92 Å². The van der Waals surface area contributed by atoms with Gasteiger partial charge in [-0.3, -0.25) is 4.79 Å². The Morgan fingerprint density at radius 2 is 2.50 bits per heavy atom. The maximum Gasteiger partial charge on any atom is 0.224 e. The van der Waals surface area contributed by atoms with E-state index in [2.05, 4.69) is 23.8 Å². The Balaban J connectivity index is 2.29. The van der Waals surface area contributed by atoms with Crippen LogP contribution in [0.25, 0.3) is 0 Å². The molecule has 0 spiro atoms. The lowest BCUT2D eigenvalue weighted by Gasteiger charge is -2.18. The zero-order valence-corrected chi connectivity index (χ0v) is 9.82. The van der Waals surface area contributed by atoms with Gasteiger partial charge in [-0.25, -0.2) is 0 Å². The van der Waals surface area contributed by atoms with Crippen LogP contribution in [0.5, 0.6) is 0 Å². The second-order valence-corrected chi connectivity index (χ2v) is 4.67. The van der Waals surface area contributed by atoms with Crippen LogP contribution in [0, 0.1) is 5.92 Å². The predicted octanol–water partition coefficient (Wildman–Crippen LogP) is 0.854. The van der Waals surface area contributed by atoms with Crippen molar-refractivity contribution in [2.45, 2.75) is 25.8 Å². The lowest BCUT2D eigenvalue weighted by molar-refractivity contribution is -0.125. The van der Waals surface area contributed by atoms with Gasteiger partial charge in [0.25, 0.3) is 0 Å². The van der Waals surface area contributed by atoms with E-state index in [4.69, 9.17) is 0 Å². The van der Waals surface area contributed by atoms with E-state index < -0.39 is 0 Å². The van der Waals surface area contributed by atoms with Gasteiger partial charge in [0.2, 0.25) is 5.91 Å². The summed E-state index contributed by atoms with van der Waals surface area (Å²) in [6.45, 7) is 3.95. The van der Waals surface area contributed by atoms with Crippen molar-refractivity contribution in [2.75, 3.05) is 25.1 Å². The average molecular weight is 216 g/mol. The summed E-state index contributed by atoms with van der Waals surface area (Å²) in [5, 5.41) is 6.32. The van der Waals surface area contributed by atoms with Gasteiger partial charge in [0.05, 0.1) is 5.92 Å². The maximum atomic E-state index is 11.7. The van der Waals surface area contributed by atoms with Crippen LogP contribution >= 0.6 is 11.8 Å². The standard InChI is InChI=1S/C10H20N2OS/c1-3-9(7-14-2)12-10(13)8-4-5-11-6-8/h8-9,11H,3-7H2,1-2H3,(H,12,13). The van der Waals surface area contributed by atoms with E-state index in [-0.39, 0.29) is 11.8 Å². The molecule has 1 rings (SSSR count). The van der Waals surface area contributed by atoms with Crippen LogP contribution in [0.1, 0.15) is 19.8 Å². The first-order chi connectivity index (χ1) is 6.77. The maximum absolute atomic E-state index is 11.7. The fourth-order valence-corrected chi connectivity index (χ4v) is 2.38. The van der Waals surface area contributed by atoms with Gasteiger partial charge < -0.3 is 10.6 Å². The van der Waals surface area contributed by atoms with Crippen molar-refractivity contribution < 1.29 is 4.79 Å². The lowest BCUT2D eigenvalue weighted by Crippen LogP contribution is -2.40. The van der Waals surface area contributed by atoms with Crippen LogP contribution in [0.15, 0.2) is 0 Å². The molecule has 14 heavy (non-hydrogen) atoms. The van der Waals surface area contributed by atoms with Gasteiger partial charge >= 0.3 is 0 Å². The van der Waals surface area contributed by atoms with Crippen LogP contribution in [-0.4, -0.2) is 37.0 Å². The highest BCUT2D eigenvalue weighted by Gasteiger charge is 2.23. The number of rotatable bonds is 5. The van der Waals surface area contributed by atoms with Gasteiger partial charge in [-0.2, -0.15) is 11.8 Å². The van der Waals surface area contributed by atoms with Crippen molar-refractivity contribution in [1.29, 1.82) is 0 Å². The summed E-state index contributed by atoms with van der Waals surface area (Å²) in [6.07, 6.45) is 4.08. The summed E-state index contributed by atoms with van der Waals surface area (Å²) in [4.78, 5) is 11.7. The van der Waals surface area contributed by atoms with E-state index in [1.807, 2.05) is 0 Å². The molecule has 0 radical (unpaired) electrons. The Bertz CT molecular complexity index is 181. The molecule has 0 saturated carbocycles. The summed E-state index contributed by atoms with van der Waals surface area (Å²) in [5.41, 5.74) is 0. The molecular weight excluding hydrogens is 196 g/mol. The number of hydrogen-bond acceptors (Lipinski definition) is 3. The smallest absolute Gasteiger partial charge is 0.224 e.